The maximum absolute atomic E-state index is 13.1. The van der Waals surface area contributed by atoms with Gasteiger partial charge in [0.1, 0.15) is 12.6 Å². The molecule has 4 aromatic rings. The molecular formula is C27H26N2O4S. The second kappa shape index (κ2) is 11.2. The zero-order chi connectivity index (χ0) is 23.9. The Hall–Kier alpha value is -3.39. The second-order valence-electron chi connectivity index (χ2n) is 7.91. The number of nitrogens with one attached hydrogen (secondary N) is 1. The molecule has 4 rings (SSSR count). The van der Waals surface area contributed by atoms with Crippen LogP contribution < -0.4 is 5.48 Å². The summed E-state index contributed by atoms with van der Waals surface area (Å²) in [4.78, 5) is 25.4. The number of aromatic nitrogens is 1. The number of hydrogen-bond acceptors (Lipinski definition) is 6. The summed E-state index contributed by atoms with van der Waals surface area (Å²) in [7, 11) is 0. The van der Waals surface area contributed by atoms with Gasteiger partial charge in [-0.05, 0) is 22.8 Å². The number of carbonyl (C=O) groups is 2. The molecule has 0 saturated carbocycles. The van der Waals surface area contributed by atoms with E-state index in [9.17, 15) is 14.8 Å². The van der Waals surface area contributed by atoms with E-state index in [0.717, 1.165) is 27.6 Å². The van der Waals surface area contributed by atoms with Gasteiger partial charge in [0.05, 0.1) is 10.8 Å². The Balaban J connectivity index is 1.68. The third-order valence-electron chi connectivity index (χ3n) is 5.58. The molecule has 0 saturated heterocycles. The van der Waals surface area contributed by atoms with Gasteiger partial charge in [0.2, 0.25) is 5.91 Å². The molecule has 34 heavy (non-hydrogen) atoms. The van der Waals surface area contributed by atoms with Crippen molar-refractivity contribution in [2.24, 2.45) is 0 Å². The van der Waals surface area contributed by atoms with Crippen LogP contribution in [0.2, 0.25) is 0 Å². The zero-order valence-corrected chi connectivity index (χ0v) is 19.6. The van der Waals surface area contributed by atoms with Crippen LogP contribution in [0.5, 0.6) is 0 Å². The van der Waals surface area contributed by atoms with Gasteiger partial charge in [-0.2, -0.15) is 5.48 Å². The molecule has 1 heterocycles. The fraction of sp³-hybridized carbons (Fsp3) is 0.185. The van der Waals surface area contributed by atoms with Crippen molar-refractivity contribution in [2.75, 3.05) is 0 Å². The summed E-state index contributed by atoms with van der Waals surface area (Å²) in [6.07, 6.45) is 1.75. The highest BCUT2D eigenvalue weighted by Crippen LogP contribution is 2.39. The van der Waals surface area contributed by atoms with Gasteiger partial charge in [-0.3, -0.25) is 14.2 Å². The second-order valence-corrected chi connectivity index (χ2v) is 9.04. The average molecular weight is 475 g/mol. The van der Waals surface area contributed by atoms with Crippen molar-refractivity contribution in [1.82, 2.24) is 10.0 Å². The van der Waals surface area contributed by atoms with Crippen LogP contribution >= 0.6 is 11.8 Å². The Morgan fingerprint density at radius 2 is 1.56 bits per heavy atom. The number of nitrogens with zero attached hydrogens (tertiary/aromatic N) is 1. The lowest BCUT2D eigenvalue weighted by Gasteiger charge is -2.24. The summed E-state index contributed by atoms with van der Waals surface area (Å²) in [6.45, 7) is 1.60. The molecule has 0 amide bonds. The van der Waals surface area contributed by atoms with Crippen molar-refractivity contribution in [3.05, 3.63) is 108 Å². The van der Waals surface area contributed by atoms with Gasteiger partial charge < -0.3 is 9.94 Å². The molecule has 0 radical (unpaired) electrons. The highest BCUT2D eigenvalue weighted by Gasteiger charge is 2.33. The Morgan fingerprint density at radius 1 is 0.941 bits per heavy atom. The van der Waals surface area contributed by atoms with Crippen LogP contribution in [-0.2, 0) is 21.9 Å². The standard InChI is InChI=1S/C27H26N2O4S/c1-19(30)29-16-23(22-14-8-9-15-24(22)29)26(34-18-21-12-6-3-7-13-21)25(28-32)27(31)33-17-20-10-4-2-5-11-20/h2-16,25-26,28,32H,17-18H2,1H3/t25-,26+/m1/s1. The summed E-state index contributed by atoms with van der Waals surface area (Å²) in [5, 5.41) is 10.4. The fourth-order valence-electron chi connectivity index (χ4n) is 3.88. The highest BCUT2D eigenvalue weighted by molar-refractivity contribution is 7.98. The number of benzene rings is 3. The summed E-state index contributed by atoms with van der Waals surface area (Å²) in [5.74, 6) is -0.0964. The van der Waals surface area contributed by atoms with Crippen LogP contribution in [0.4, 0.5) is 0 Å². The maximum atomic E-state index is 13.1. The minimum Gasteiger partial charge on any atom is -0.460 e. The number of hydrogen-bond donors (Lipinski definition) is 2. The molecule has 0 aliphatic carbocycles. The Morgan fingerprint density at radius 3 is 2.21 bits per heavy atom. The predicted octanol–water partition coefficient (Wildman–Crippen LogP) is 5.37. The number of para-hydroxylation sites is 1. The molecular weight excluding hydrogens is 448 g/mol. The first-order valence-electron chi connectivity index (χ1n) is 10.9. The summed E-state index contributed by atoms with van der Waals surface area (Å²) in [6, 6.07) is 25.8. The Bertz CT molecular complexity index is 1260. The van der Waals surface area contributed by atoms with Gasteiger partial charge >= 0.3 is 5.97 Å². The van der Waals surface area contributed by atoms with E-state index in [-0.39, 0.29) is 12.5 Å². The number of rotatable bonds is 9. The van der Waals surface area contributed by atoms with Crippen LogP contribution in [0.25, 0.3) is 10.9 Å². The first-order valence-corrected chi connectivity index (χ1v) is 12.0. The molecule has 1 aromatic heterocycles. The van der Waals surface area contributed by atoms with Gasteiger partial charge in [-0.1, -0.05) is 78.9 Å². The van der Waals surface area contributed by atoms with Gasteiger partial charge in [-0.15, -0.1) is 11.8 Å². The Kier molecular flexibility index (Phi) is 7.80. The van der Waals surface area contributed by atoms with Gasteiger partial charge in [0.25, 0.3) is 0 Å². The molecule has 174 valence electrons. The topological polar surface area (TPSA) is 80.6 Å². The van der Waals surface area contributed by atoms with E-state index in [1.165, 1.54) is 18.7 Å². The number of esters is 1. The van der Waals surface area contributed by atoms with Crippen LogP contribution in [0, 0.1) is 0 Å². The molecule has 0 bridgehead atoms. The monoisotopic (exact) mass is 474 g/mol. The minimum atomic E-state index is -1.04. The third kappa shape index (κ3) is 5.39. The Labute approximate surface area is 202 Å². The molecule has 0 aliphatic rings. The first kappa shape index (κ1) is 23.8. The van der Waals surface area contributed by atoms with Gasteiger partial charge in [-0.25, -0.2) is 0 Å². The first-order chi connectivity index (χ1) is 16.6. The molecule has 2 N–H and O–H groups in total. The number of ether oxygens (including phenoxy) is 1. The third-order valence-corrected chi connectivity index (χ3v) is 6.97. The van der Waals surface area contributed by atoms with Crippen molar-refractivity contribution >= 4 is 34.5 Å². The number of hydroxylamine groups is 1. The zero-order valence-electron chi connectivity index (χ0n) is 18.8. The fourth-order valence-corrected chi connectivity index (χ4v) is 5.18. The predicted molar refractivity (Wildman–Crippen MR) is 134 cm³/mol. The smallest absolute Gasteiger partial charge is 0.327 e. The largest absolute Gasteiger partial charge is 0.460 e. The molecule has 6 nitrogen and oxygen atoms in total. The molecule has 0 fully saturated rings. The lowest BCUT2D eigenvalue weighted by Crippen LogP contribution is -2.40. The van der Waals surface area contributed by atoms with E-state index in [1.807, 2.05) is 84.9 Å². The van der Waals surface area contributed by atoms with Crippen molar-refractivity contribution < 1.29 is 19.5 Å². The molecule has 0 aliphatic heterocycles. The molecule has 2 atom stereocenters. The van der Waals surface area contributed by atoms with Gasteiger partial charge in [0, 0.05) is 24.3 Å². The SMILES string of the molecule is CC(=O)n1cc([C@H](SCc2ccccc2)[C@@H](NO)C(=O)OCc2ccccc2)c2ccccc21. The summed E-state index contributed by atoms with van der Waals surface area (Å²) >= 11 is 1.50. The average Bonchev–Trinajstić information content (AvgIpc) is 3.26. The van der Waals surface area contributed by atoms with E-state index in [2.05, 4.69) is 5.48 Å². The molecule has 3 aromatic carbocycles. The number of fused-ring (bicyclic) bond motifs is 1. The number of thioether (sulfide) groups is 1. The van der Waals surface area contributed by atoms with Gasteiger partial charge in [0.15, 0.2) is 0 Å². The molecule has 0 spiro atoms. The van der Waals surface area contributed by atoms with E-state index in [0.29, 0.717) is 5.75 Å². The van der Waals surface area contributed by atoms with Crippen molar-refractivity contribution in [3.8, 4) is 0 Å². The quantitative estimate of drug-likeness (QED) is 0.251. The summed E-state index contributed by atoms with van der Waals surface area (Å²) < 4.78 is 7.13. The minimum absolute atomic E-state index is 0.100. The van der Waals surface area contributed by atoms with Crippen molar-refractivity contribution in [1.29, 1.82) is 0 Å². The van der Waals surface area contributed by atoms with E-state index < -0.39 is 17.3 Å². The maximum Gasteiger partial charge on any atom is 0.327 e. The normalized spacial score (nSPS) is 12.9. The van der Waals surface area contributed by atoms with E-state index in [1.54, 1.807) is 10.8 Å². The molecule has 7 heteroatoms. The van der Waals surface area contributed by atoms with Crippen LogP contribution in [0.15, 0.2) is 91.1 Å². The summed E-state index contributed by atoms with van der Waals surface area (Å²) in [5.41, 5.74) is 5.66. The lowest BCUT2D eigenvalue weighted by molar-refractivity contribution is -0.150. The van der Waals surface area contributed by atoms with Crippen LogP contribution in [0.1, 0.15) is 33.7 Å². The molecule has 0 unspecified atom stereocenters. The van der Waals surface area contributed by atoms with E-state index in [4.69, 9.17) is 4.74 Å². The van der Waals surface area contributed by atoms with E-state index >= 15 is 0 Å². The highest BCUT2D eigenvalue weighted by atomic mass is 32.2. The van der Waals surface area contributed by atoms with Crippen molar-refractivity contribution in [2.45, 2.75) is 30.6 Å². The van der Waals surface area contributed by atoms with Crippen LogP contribution in [-0.4, -0.2) is 27.7 Å². The van der Waals surface area contributed by atoms with Crippen molar-refractivity contribution in [3.63, 3.8) is 0 Å². The number of carbonyl (C=O) groups excluding carboxylic acids is 2. The van der Waals surface area contributed by atoms with Crippen LogP contribution in [0.3, 0.4) is 0 Å². The lowest BCUT2D eigenvalue weighted by atomic mass is 10.0.